The molecule has 1 aliphatic heterocycles. The molecule has 41 heavy (non-hydrogen) atoms. The molecule has 0 radical (unpaired) electrons. The molecule has 0 aliphatic carbocycles. The topological polar surface area (TPSA) is 88.1 Å². The van der Waals surface area contributed by atoms with Crippen molar-refractivity contribution in [1.29, 1.82) is 0 Å². The SMILES string of the molecule is Cc1ccc(-n2nc(C(C)(C)C)cc2NC(=O)Nc2cccc(C(C(=O)c3ccc(C)s3)C3CCNCC3)c2)cc1. The number of rotatable bonds is 7. The van der Waals surface area contributed by atoms with Gasteiger partial charge in [-0.05, 0) is 87.7 Å². The number of benzene rings is 2. The van der Waals surface area contributed by atoms with Crippen LogP contribution in [0.3, 0.4) is 0 Å². The number of piperidine rings is 1. The number of anilines is 2. The highest BCUT2D eigenvalue weighted by molar-refractivity contribution is 7.14. The summed E-state index contributed by atoms with van der Waals surface area (Å²) in [6, 6.07) is 21.3. The van der Waals surface area contributed by atoms with Crippen molar-refractivity contribution in [2.45, 2.75) is 58.8 Å². The van der Waals surface area contributed by atoms with E-state index in [0.717, 1.165) is 58.2 Å². The van der Waals surface area contributed by atoms with E-state index < -0.39 is 0 Å². The van der Waals surface area contributed by atoms with E-state index in [1.807, 2.05) is 80.6 Å². The Hall–Kier alpha value is -3.75. The second-order valence-electron chi connectivity index (χ2n) is 12.0. The molecule has 0 saturated carbocycles. The van der Waals surface area contributed by atoms with Gasteiger partial charge in [-0.1, -0.05) is 50.6 Å². The number of ketones is 1. The van der Waals surface area contributed by atoms with Crippen LogP contribution in [0.4, 0.5) is 16.3 Å². The summed E-state index contributed by atoms with van der Waals surface area (Å²) in [6.07, 6.45) is 1.88. The Morgan fingerprint density at radius 1 is 0.976 bits per heavy atom. The lowest BCUT2D eigenvalue weighted by Gasteiger charge is -2.30. The van der Waals surface area contributed by atoms with E-state index in [-0.39, 0.29) is 29.1 Å². The van der Waals surface area contributed by atoms with Gasteiger partial charge in [-0.3, -0.25) is 10.1 Å². The molecule has 7 nitrogen and oxygen atoms in total. The van der Waals surface area contributed by atoms with Crippen molar-refractivity contribution in [3.63, 3.8) is 0 Å². The molecule has 4 aromatic rings. The Bertz CT molecular complexity index is 1520. The van der Waals surface area contributed by atoms with Gasteiger partial charge in [0.25, 0.3) is 0 Å². The highest BCUT2D eigenvalue weighted by Crippen LogP contribution is 2.36. The summed E-state index contributed by atoms with van der Waals surface area (Å²) >= 11 is 1.55. The number of carbonyl (C=O) groups is 2. The number of hydrogen-bond acceptors (Lipinski definition) is 5. The van der Waals surface area contributed by atoms with Gasteiger partial charge in [0.2, 0.25) is 0 Å². The van der Waals surface area contributed by atoms with Crippen molar-refractivity contribution >= 4 is 34.7 Å². The molecular formula is C33H39N5O2S. The molecule has 2 amide bonds. The van der Waals surface area contributed by atoms with E-state index in [1.165, 1.54) is 0 Å². The lowest BCUT2D eigenvalue weighted by Crippen LogP contribution is -2.33. The molecule has 0 spiro atoms. The van der Waals surface area contributed by atoms with Crippen molar-refractivity contribution in [1.82, 2.24) is 15.1 Å². The number of amides is 2. The third kappa shape index (κ3) is 6.77. The lowest BCUT2D eigenvalue weighted by molar-refractivity contribution is 0.0920. The summed E-state index contributed by atoms with van der Waals surface area (Å²) in [4.78, 5) is 29.0. The molecule has 2 aromatic carbocycles. The first-order valence-corrected chi connectivity index (χ1v) is 15.1. The summed E-state index contributed by atoms with van der Waals surface area (Å²) in [5, 5.41) is 14.2. The Labute approximate surface area is 246 Å². The Kier molecular flexibility index (Phi) is 8.42. The highest BCUT2D eigenvalue weighted by Gasteiger charge is 2.32. The minimum absolute atomic E-state index is 0.160. The molecular weight excluding hydrogens is 530 g/mol. The maximum absolute atomic E-state index is 13.8. The van der Waals surface area contributed by atoms with Crippen LogP contribution in [0.2, 0.25) is 0 Å². The summed E-state index contributed by atoms with van der Waals surface area (Å²) < 4.78 is 1.77. The molecule has 8 heteroatoms. The van der Waals surface area contributed by atoms with Gasteiger partial charge < -0.3 is 10.6 Å². The fourth-order valence-electron chi connectivity index (χ4n) is 5.34. The zero-order valence-electron chi connectivity index (χ0n) is 24.5. The average molecular weight is 570 g/mol. The van der Waals surface area contributed by atoms with Crippen LogP contribution < -0.4 is 16.0 Å². The van der Waals surface area contributed by atoms with Gasteiger partial charge in [0.15, 0.2) is 5.78 Å². The first-order valence-electron chi connectivity index (χ1n) is 14.3. The van der Waals surface area contributed by atoms with Crippen LogP contribution in [0, 0.1) is 19.8 Å². The summed E-state index contributed by atoms with van der Waals surface area (Å²) in [5.41, 5.74) is 4.30. The van der Waals surface area contributed by atoms with Gasteiger partial charge in [-0.25, -0.2) is 9.48 Å². The molecule has 214 valence electrons. The average Bonchev–Trinajstić information content (AvgIpc) is 3.57. The van der Waals surface area contributed by atoms with Crippen molar-refractivity contribution in [2.75, 3.05) is 23.7 Å². The number of aryl methyl sites for hydroxylation is 2. The smallest absolute Gasteiger partial charge is 0.317 e. The molecule has 3 N–H and O–H groups in total. The molecule has 5 rings (SSSR count). The molecule has 1 aliphatic rings. The Morgan fingerprint density at radius 2 is 1.71 bits per heavy atom. The molecule has 0 bridgehead atoms. The summed E-state index contributed by atoms with van der Waals surface area (Å²) in [6.45, 7) is 12.2. The molecule has 3 heterocycles. The molecule has 1 fully saturated rings. The van der Waals surface area contributed by atoms with Gasteiger partial charge in [-0.15, -0.1) is 11.3 Å². The second-order valence-corrected chi connectivity index (χ2v) is 13.2. The molecule has 1 unspecified atom stereocenters. The fourth-order valence-corrected chi connectivity index (χ4v) is 6.19. The van der Waals surface area contributed by atoms with Crippen molar-refractivity contribution < 1.29 is 9.59 Å². The monoisotopic (exact) mass is 569 g/mol. The maximum Gasteiger partial charge on any atom is 0.324 e. The predicted octanol–water partition coefficient (Wildman–Crippen LogP) is 7.46. The number of aromatic nitrogens is 2. The summed E-state index contributed by atoms with van der Waals surface area (Å²) in [7, 11) is 0. The quantitative estimate of drug-likeness (QED) is 0.202. The van der Waals surface area contributed by atoms with Crippen LogP contribution in [0.5, 0.6) is 0 Å². The molecule has 1 saturated heterocycles. The van der Waals surface area contributed by atoms with E-state index in [2.05, 4.69) is 36.7 Å². The van der Waals surface area contributed by atoms with Crippen molar-refractivity contribution in [3.8, 4) is 5.69 Å². The number of urea groups is 1. The van der Waals surface area contributed by atoms with E-state index in [4.69, 9.17) is 5.10 Å². The first kappa shape index (κ1) is 28.8. The third-order valence-corrected chi connectivity index (χ3v) is 8.64. The number of thiophene rings is 1. The Balaban J connectivity index is 1.39. The van der Waals surface area contributed by atoms with Gasteiger partial charge in [0, 0.05) is 22.0 Å². The Morgan fingerprint density at radius 3 is 2.37 bits per heavy atom. The zero-order chi connectivity index (χ0) is 29.1. The standard InChI is InChI=1S/C33H39N5O2S/c1-21-9-12-26(13-10-21)38-29(20-28(37-38)33(3,4)5)36-32(40)35-25-8-6-7-24(19-25)30(23-15-17-34-18-16-23)31(39)27-14-11-22(2)41-27/h6-14,19-20,23,30,34H,15-18H2,1-5H3,(H2,35,36,40). The minimum Gasteiger partial charge on any atom is -0.317 e. The number of nitrogens with zero attached hydrogens (tertiary/aromatic N) is 2. The zero-order valence-corrected chi connectivity index (χ0v) is 25.3. The molecule has 2 aromatic heterocycles. The van der Waals surface area contributed by atoms with Gasteiger partial charge >= 0.3 is 6.03 Å². The number of Topliss-reactive ketones (excluding diaryl/α,β-unsaturated/α-hetero) is 1. The van der Waals surface area contributed by atoms with Gasteiger partial charge in [0.1, 0.15) is 5.82 Å². The summed E-state index contributed by atoms with van der Waals surface area (Å²) in [5.74, 6) is 0.740. The highest BCUT2D eigenvalue weighted by atomic mass is 32.1. The minimum atomic E-state index is -0.366. The van der Waals surface area contributed by atoms with Crippen molar-refractivity contribution in [2.24, 2.45) is 5.92 Å². The van der Waals surface area contributed by atoms with Gasteiger partial charge in [0.05, 0.1) is 22.2 Å². The predicted molar refractivity (Wildman–Crippen MR) is 168 cm³/mol. The molecule has 1 atom stereocenters. The van der Waals surface area contributed by atoms with Crippen LogP contribution in [-0.2, 0) is 5.41 Å². The second kappa shape index (κ2) is 12.0. The third-order valence-electron chi connectivity index (χ3n) is 7.62. The van der Waals surface area contributed by atoms with E-state index in [1.54, 1.807) is 16.0 Å². The first-order chi connectivity index (χ1) is 19.6. The normalized spacial score (nSPS) is 15.0. The lowest BCUT2D eigenvalue weighted by atomic mass is 9.77. The van der Waals surface area contributed by atoms with E-state index >= 15 is 0 Å². The number of carbonyl (C=O) groups excluding carboxylic acids is 2. The fraction of sp³-hybridized carbons (Fsp3) is 0.364. The van der Waals surface area contributed by atoms with Crippen LogP contribution in [0.15, 0.2) is 66.7 Å². The van der Waals surface area contributed by atoms with Gasteiger partial charge in [-0.2, -0.15) is 5.10 Å². The largest absolute Gasteiger partial charge is 0.324 e. The van der Waals surface area contributed by atoms with Crippen LogP contribution in [0.25, 0.3) is 5.69 Å². The van der Waals surface area contributed by atoms with Crippen LogP contribution in [0.1, 0.15) is 70.9 Å². The number of hydrogen-bond donors (Lipinski definition) is 3. The maximum atomic E-state index is 13.8. The van der Waals surface area contributed by atoms with E-state index in [9.17, 15) is 9.59 Å². The van der Waals surface area contributed by atoms with Crippen LogP contribution >= 0.6 is 11.3 Å². The van der Waals surface area contributed by atoms with E-state index in [0.29, 0.717) is 11.5 Å². The van der Waals surface area contributed by atoms with Crippen molar-refractivity contribution in [3.05, 3.63) is 93.3 Å². The van der Waals surface area contributed by atoms with Crippen LogP contribution in [-0.4, -0.2) is 34.7 Å². The number of nitrogens with one attached hydrogen (secondary N) is 3.